The maximum Gasteiger partial charge on any atom is 0.312 e. The minimum Gasteiger partial charge on any atom is -0.465 e. The van der Waals surface area contributed by atoms with Crippen molar-refractivity contribution in [3.63, 3.8) is 0 Å². The van der Waals surface area contributed by atoms with Crippen LogP contribution in [0.4, 0.5) is 0 Å². The summed E-state index contributed by atoms with van der Waals surface area (Å²) in [5.41, 5.74) is -1.32. The Hall–Kier alpha value is -2.97. The number of nitrogens with zero attached hydrogens (tertiary/aromatic N) is 2. The Morgan fingerprint density at radius 1 is 1.17 bits per heavy atom. The molecular weight excluding hydrogens is 520 g/mol. The van der Waals surface area contributed by atoms with E-state index in [1.807, 2.05) is 37.3 Å². The van der Waals surface area contributed by atoms with Gasteiger partial charge in [0.15, 0.2) is 0 Å². The van der Waals surface area contributed by atoms with Crippen LogP contribution in [-0.2, 0) is 23.9 Å². The van der Waals surface area contributed by atoms with Crippen molar-refractivity contribution >= 4 is 17.8 Å². The van der Waals surface area contributed by atoms with Crippen LogP contribution in [-0.4, -0.2) is 76.2 Å². The first kappa shape index (κ1) is 31.0. The number of ether oxygens (including phenoxy) is 2. The molecule has 8 heteroatoms. The molecule has 2 amide bonds. The van der Waals surface area contributed by atoms with E-state index in [1.54, 1.807) is 17.1 Å². The van der Waals surface area contributed by atoms with Crippen molar-refractivity contribution in [1.29, 1.82) is 0 Å². The number of unbranched alkanes of at least 4 members (excludes halogenated alkanes) is 3. The lowest BCUT2D eigenvalue weighted by Crippen LogP contribution is -2.57. The summed E-state index contributed by atoms with van der Waals surface area (Å²) in [6.45, 7) is 12.4. The number of likely N-dealkylation sites (tertiary alicyclic amines) is 1. The van der Waals surface area contributed by atoms with E-state index in [0.29, 0.717) is 38.8 Å². The molecule has 8 nitrogen and oxygen atoms in total. The fraction of sp³-hybridized carbons (Fsp3) is 0.606. The lowest BCUT2D eigenvalue weighted by atomic mass is 9.65. The molecule has 1 N–H and O–H groups in total. The van der Waals surface area contributed by atoms with Gasteiger partial charge in [0.2, 0.25) is 11.8 Å². The van der Waals surface area contributed by atoms with Crippen LogP contribution in [0, 0.1) is 11.8 Å². The van der Waals surface area contributed by atoms with Crippen molar-refractivity contribution in [2.45, 2.75) is 88.5 Å². The number of esters is 1. The summed E-state index contributed by atoms with van der Waals surface area (Å²) in [6, 6.07) is 7.52. The summed E-state index contributed by atoms with van der Waals surface area (Å²) in [6.07, 6.45) is 9.22. The van der Waals surface area contributed by atoms with E-state index >= 15 is 0 Å². The standard InChI is InChI=1S/C33H46N2O6/c1-5-9-14-21-34(20-7-3)30(38)28-33-19-18-32(8-4,41-33)27(31(39)40-22-15-10-6-2)26(33)29(37)35(28)25(23-36)24-16-12-11-13-17-24/h6-7,11-13,16-17,25-28,36H,2-3,5,8-10,14-15,18-23H2,1,4H3/t25-,26+,27+,28?,32-,33?/m1/s1. The van der Waals surface area contributed by atoms with Crippen molar-refractivity contribution in [3.05, 3.63) is 61.2 Å². The lowest BCUT2D eigenvalue weighted by Gasteiger charge is -2.39. The molecule has 3 aliphatic heterocycles. The van der Waals surface area contributed by atoms with Gasteiger partial charge in [0.05, 0.1) is 30.8 Å². The highest BCUT2D eigenvalue weighted by Crippen LogP contribution is 2.65. The molecular formula is C33H46N2O6. The Balaban J connectivity index is 1.79. The Kier molecular flexibility index (Phi) is 10.1. The largest absolute Gasteiger partial charge is 0.465 e. The molecule has 0 aromatic heterocycles. The lowest BCUT2D eigenvalue weighted by molar-refractivity contribution is -0.163. The third-order valence-corrected chi connectivity index (χ3v) is 9.29. The van der Waals surface area contributed by atoms with Gasteiger partial charge in [0.1, 0.15) is 17.6 Å². The number of carbonyl (C=O) groups is 3. The number of carbonyl (C=O) groups excluding carboxylic acids is 3. The van der Waals surface area contributed by atoms with Crippen molar-refractivity contribution in [1.82, 2.24) is 9.80 Å². The third kappa shape index (κ3) is 5.48. The number of rotatable bonds is 16. The van der Waals surface area contributed by atoms with Crippen LogP contribution in [0.5, 0.6) is 0 Å². The Morgan fingerprint density at radius 2 is 1.93 bits per heavy atom. The van der Waals surface area contributed by atoms with Crippen LogP contribution in [0.2, 0.25) is 0 Å². The van der Waals surface area contributed by atoms with Gasteiger partial charge in [-0.25, -0.2) is 0 Å². The van der Waals surface area contributed by atoms with E-state index in [4.69, 9.17) is 9.47 Å². The second-order valence-electron chi connectivity index (χ2n) is 11.6. The second-order valence-corrected chi connectivity index (χ2v) is 11.6. The molecule has 3 fully saturated rings. The molecule has 224 valence electrons. The van der Waals surface area contributed by atoms with E-state index in [1.165, 1.54) is 4.90 Å². The number of aliphatic hydroxyl groups is 1. The van der Waals surface area contributed by atoms with Crippen LogP contribution < -0.4 is 0 Å². The molecule has 3 heterocycles. The first-order chi connectivity index (χ1) is 19.9. The van der Waals surface area contributed by atoms with Crippen molar-refractivity contribution < 1.29 is 29.0 Å². The molecule has 0 saturated carbocycles. The van der Waals surface area contributed by atoms with Crippen LogP contribution >= 0.6 is 0 Å². The quantitative estimate of drug-likeness (QED) is 0.179. The molecule has 6 atom stereocenters. The Morgan fingerprint density at radius 3 is 2.56 bits per heavy atom. The third-order valence-electron chi connectivity index (χ3n) is 9.29. The summed E-state index contributed by atoms with van der Waals surface area (Å²) in [4.78, 5) is 46.1. The van der Waals surface area contributed by atoms with Crippen LogP contribution in [0.25, 0.3) is 0 Å². The predicted octanol–water partition coefficient (Wildman–Crippen LogP) is 4.59. The number of amides is 2. The molecule has 0 radical (unpaired) electrons. The maximum atomic E-state index is 14.6. The normalized spacial score (nSPS) is 28.8. The van der Waals surface area contributed by atoms with Gasteiger partial charge in [-0.05, 0) is 44.1 Å². The number of benzene rings is 1. The monoisotopic (exact) mass is 566 g/mol. The molecule has 3 saturated heterocycles. The van der Waals surface area contributed by atoms with Crippen molar-refractivity contribution in [2.24, 2.45) is 11.8 Å². The molecule has 1 spiro atoms. The van der Waals surface area contributed by atoms with E-state index in [-0.39, 0.29) is 25.0 Å². The van der Waals surface area contributed by atoms with Gasteiger partial charge in [0, 0.05) is 13.1 Å². The zero-order valence-electron chi connectivity index (χ0n) is 24.6. The van der Waals surface area contributed by atoms with Gasteiger partial charge in [0.25, 0.3) is 0 Å². The minimum atomic E-state index is -1.18. The topological polar surface area (TPSA) is 96.4 Å². The van der Waals surface area contributed by atoms with Gasteiger partial charge in [-0.1, -0.05) is 69.2 Å². The molecule has 1 aromatic carbocycles. The van der Waals surface area contributed by atoms with Crippen molar-refractivity contribution in [3.8, 4) is 0 Å². The maximum absolute atomic E-state index is 14.6. The van der Waals surface area contributed by atoms with Gasteiger partial charge >= 0.3 is 5.97 Å². The van der Waals surface area contributed by atoms with Gasteiger partial charge in [-0.15, -0.1) is 13.2 Å². The zero-order valence-corrected chi connectivity index (χ0v) is 24.6. The average Bonchev–Trinajstić information content (AvgIpc) is 3.59. The SMILES string of the molecule is C=CCCCOC(=O)[C@@H]1[C@H]2C(=O)N([C@H](CO)c3ccccc3)C(C(=O)N(CC=C)CCCCC)C23CC[C@@]1(CC)O3. The van der Waals surface area contributed by atoms with E-state index in [9.17, 15) is 19.5 Å². The fourth-order valence-electron chi connectivity index (χ4n) is 7.32. The zero-order chi connectivity index (χ0) is 29.6. The van der Waals surface area contributed by atoms with E-state index in [0.717, 1.165) is 31.2 Å². The molecule has 3 aliphatic rings. The highest BCUT2D eigenvalue weighted by molar-refractivity contribution is 5.99. The first-order valence-electron chi connectivity index (χ1n) is 15.2. The summed E-state index contributed by atoms with van der Waals surface area (Å²) in [7, 11) is 0. The number of allylic oxidation sites excluding steroid dienone is 1. The molecule has 41 heavy (non-hydrogen) atoms. The minimum absolute atomic E-state index is 0.224. The van der Waals surface area contributed by atoms with Gasteiger partial charge in [-0.3, -0.25) is 14.4 Å². The number of aliphatic hydroxyl groups excluding tert-OH is 1. The Bertz CT molecular complexity index is 1110. The molecule has 2 bridgehead atoms. The molecule has 4 rings (SSSR count). The number of hydrogen-bond acceptors (Lipinski definition) is 6. The second kappa shape index (κ2) is 13.3. The smallest absolute Gasteiger partial charge is 0.312 e. The highest BCUT2D eigenvalue weighted by atomic mass is 16.6. The predicted molar refractivity (Wildman–Crippen MR) is 157 cm³/mol. The average molecular weight is 567 g/mol. The van der Waals surface area contributed by atoms with Crippen LogP contribution in [0.15, 0.2) is 55.6 Å². The van der Waals surface area contributed by atoms with Gasteiger partial charge < -0.3 is 24.4 Å². The molecule has 1 aromatic rings. The number of fused-ring (bicyclic) bond motifs is 1. The van der Waals surface area contributed by atoms with Crippen molar-refractivity contribution in [2.75, 3.05) is 26.3 Å². The number of hydrogen-bond donors (Lipinski definition) is 1. The summed E-state index contributed by atoms with van der Waals surface area (Å²) >= 11 is 0. The summed E-state index contributed by atoms with van der Waals surface area (Å²) in [5, 5.41) is 10.7. The summed E-state index contributed by atoms with van der Waals surface area (Å²) < 4.78 is 12.6. The fourth-order valence-corrected chi connectivity index (χ4v) is 7.32. The Labute approximate surface area is 244 Å². The molecule has 2 unspecified atom stereocenters. The highest BCUT2D eigenvalue weighted by Gasteiger charge is 2.79. The van der Waals surface area contributed by atoms with Crippen LogP contribution in [0.3, 0.4) is 0 Å². The first-order valence-corrected chi connectivity index (χ1v) is 15.2. The van der Waals surface area contributed by atoms with Gasteiger partial charge in [-0.2, -0.15) is 0 Å². The summed E-state index contributed by atoms with van der Waals surface area (Å²) in [5.74, 6) is -2.69. The molecule has 0 aliphatic carbocycles. The van der Waals surface area contributed by atoms with Crippen LogP contribution in [0.1, 0.15) is 76.8 Å². The van der Waals surface area contributed by atoms with E-state index < -0.39 is 41.1 Å². The van der Waals surface area contributed by atoms with E-state index in [2.05, 4.69) is 20.1 Å².